The SMILES string of the molecule is CN=C1CC2CCC(C1)O2. The molecule has 0 N–H and O–H groups in total. The van der Waals surface area contributed by atoms with E-state index in [-0.39, 0.29) is 0 Å². The summed E-state index contributed by atoms with van der Waals surface area (Å²) in [5.74, 6) is 0. The standard InChI is InChI=1S/C8H13NO/c1-9-6-4-7-2-3-8(5-6)10-7/h7-8H,2-5H2,1H3. The molecule has 0 aromatic heterocycles. The molecule has 2 heterocycles. The molecule has 10 heavy (non-hydrogen) atoms. The second-order valence-corrected chi connectivity index (χ2v) is 3.16. The third kappa shape index (κ3) is 0.966. The van der Waals surface area contributed by atoms with E-state index in [0.717, 1.165) is 12.8 Å². The summed E-state index contributed by atoms with van der Waals surface area (Å²) in [6, 6.07) is 0. The van der Waals surface area contributed by atoms with E-state index in [1.165, 1.54) is 18.6 Å². The zero-order chi connectivity index (χ0) is 6.97. The van der Waals surface area contributed by atoms with E-state index in [4.69, 9.17) is 4.74 Å². The van der Waals surface area contributed by atoms with Crippen molar-refractivity contribution in [3.63, 3.8) is 0 Å². The highest BCUT2D eigenvalue weighted by Gasteiger charge is 2.32. The lowest BCUT2D eigenvalue weighted by Gasteiger charge is -2.21. The Morgan fingerprint density at radius 2 is 1.90 bits per heavy atom. The van der Waals surface area contributed by atoms with Crippen molar-refractivity contribution in [2.45, 2.75) is 37.9 Å². The largest absolute Gasteiger partial charge is 0.374 e. The highest BCUT2D eigenvalue weighted by atomic mass is 16.5. The molecule has 0 aromatic carbocycles. The summed E-state index contributed by atoms with van der Waals surface area (Å²) < 4.78 is 5.65. The first-order valence-electron chi connectivity index (χ1n) is 3.98. The van der Waals surface area contributed by atoms with Gasteiger partial charge in [-0.15, -0.1) is 0 Å². The summed E-state index contributed by atoms with van der Waals surface area (Å²) in [5, 5.41) is 0. The van der Waals surface area contributed by atoms with Crippen molar-refractivity contribution < 1.29 is 4.74 Å². The van der Waals surface area contributed by atoms with Crippen molar-refractivity contribution >= 4 is 5.71 Å². The number of ether oxygens (including phenoxy) is 1. The predicted octanol–water partition coefficient (Wildman–Crippen LogP) is 1.40. The van der Waals surface area contributed by atoms with Crippen molar-refractivity contribution in [1.29, 1.82) is 0 Å². The molecule has 2 aliphatic rings. The number of nitrogens with zero attached hydrogens (tertiary/aromatic N) is 1. The highest BCUT2D eigenvalue weighted by Crippen LogP contribution is 2.30. The summed E-state index contributed by atoms with van der Waals surface area (Å²) in [5.41, 5.74) is 1.36. The molecular formula is C8H13NO. The van der Waals surface area contributed by atoms with Gasteiger partial charge in [0, 0.05) is 25.6 Å². The Morgan fingerprint density at radius 1 is 1.30 bits per heavy atom. The molecule has 2 rings (SSSR count). The first-order chi connectivity index (χ1) is 4.88. The topological polar surface area (TPSA) is 21.6 Å². The van der Waals surface area contributed by atoms with Crippen molar-refractivity contribution in [2.24, 2.45) is 4.99 Å². The zero-order valence-corrected chi connectivity index (χ0v) is 6.34. The van der Waals surface area contributed by atoms with Gasteiger partial charge in [0.15, 0.2) is 0 Å². The lowest BCUT2D eigenvalue weighted by Crippen LogP contribution is -2.24. The minimum absolute atomic E-state index is 0.512. The molecule has 2 fully saturated rings. The minimum Gasteiger partial charge on any atom is -0.374 e. The van der Waals surface area contributed by atoms with Crippen LogP contribution >= 0.6 is 0 Å². The number of aliphatic imine (C=N–C) groups is 1. The molecule has 0 saturated carbocycles. The first-order valence-corrected chi connectivity index (χ1v) is 3.98. The quantitative estimate of drug-likeness (QED) is 0.497. The summed E-state index contributed by atoms with van der Waals surface area (Å²) in [6.07, 6.45) is 5.71. The molecule has 0 radical (unpaired) electrons. The van der Waals surface area contributed by atoms with Gasteiger partial charge in [0.2, 0.25) is 0 Å². The van der Waals surface area contributed by atoms with Crippen LogP contribution in [-0.2, 0) is 4.74 Å². The second-order valence-electron chi connectivity index (χ2n) is 3.16. The molecule has 2 unspecified atom stereocenters. The van der Waals surface area contributed by atoms with Crippen molar-refractivity contribution in [3.8, 4) is 0 Å². The first kappa shape index (κ1) is 6.35. The van der Waals surface area contributed by atoms with Gasteiger partial charge in [-0.2, -0.15) is 0 Å². The van der Waals surface area contributed by atoms with Crippen LogP contribution < -0.4 is 0 Å². The van der Waals surface area contributed by atoms with Gasteiger partial charge >= 0.3 is 0 Å². The third-order valence-corrected chi connectivity index (χ3v) is 2.44. The maximum atomic E-state index is 5.65. The van der Waals surface area contributed by atoms with E-state index in [1.807, 2.05) is 7.05 Å². The van der Waals surface area contributed by atoms with E-state index < -0.39 is 0 Å². The predicted molar refractivity (Wildman–Crippen MR) is 40.5 cm³/mol. The number of rotatable bonds is 0. The van der Waals surface area contributed by atoms with Crippen LogP contribution in [0.4, 0.5) is 0 Å². The lowest BCUT2D eigenvalue weighted by molar-refractivity contribution is 0.0404. The third-order valence-electron chi connectivity index (χ3n) is 2.44. The number of hydrogen-bond donors (Lipinski definition) is 0. The van der Waals surface area contributed by atoms with Crippen LogP contribution in [0.15, 0.2) is 4.99 Å². The van der Waals surface area contributed by atoms with Gasteiger partial charge in [-0.3, -0.25) is 4.99 Å². The van der Waals surface area contributed by atoms with Gasteiger partial charge in [-0.25, -0.2) is 0 Å². The summed E-state index contributed by atoms with van der Waals surface area (Å²) in [6.45, 7) is 0. The maximum absolute atomic E-state index is 5.65. The molecule has 0 aliphatic carbocycles. The van der Waals surface area contributed by atoms with E-state index in [1.54, 1.807) is 0 Å². The summed E-state index contributed by atoms with van der Waals surface area (Å²) in [4.78, 5) is 4.22. The van der Waals surface area contributed by atoms with Crippen LogP contribution in [0, 0.1) is 0 Å². The molecule has 2 nitrogen and oxygen atoms in total. The lowest BCUT2D eigenvalue weighted by atomic mass is 10.1. The molecule has 0 aromatic rings. The molecular weight excluding hydrogens is 126 g/mol. The molecule has 56 valence electrons. The summed E-state index contributed by atoms with van der Waals surface area (Å²) >= 11 is 0. The van der Waals surface area contributed by atoms with Crippen LogP contribution in [0.3, 0.4) is 0 Å². The zero-order valence-electron chi connectivity index (χ0n) is 6.34. The maximum Gasteiger partial charge on any atom is 0.0632 e. The Morgan fingerprint density at radius 3 is 2.40 bits per heavy atom. The molecule has 0 amide bonds. The Hall–Kier alpha value is -0.370. The average molecular weight is 139 g/mol. The van der Waals surface area contributed by atoms with Crippen LogP contribution in [0.1, 0.15) is 25.7 Å². The monoisotopic (exact) mass is 139 g/mol. The molecule has 2 atom stereocenters. The molecule has 2 bridgehead atoms. The fourth-order valence-electron chi connectivity index (χ4n) is 1.87. The van der Waals surface area contributed by atoms with Crippen molar-refractivity contribution in [1.82, 2.24) is 0 Å². The Bertz CT molecular complexity index is 151. The Kier molecular flexibility index (Phi) is 1.49. The fourth-order valence-corrected chi connectivity index (χ4v) is 1.87. The van der Waals surface area contributed by atoms with Gasteiger partial charge in [-0.05, 0) is 12.8 Å². The van der Waals surface area contributed by atoms with Gasteiger partial charge in [0.25, 0.3) is 0 Å². The smallest absolute Gasteiger partial charge is 0.0632 e. The van der Waals surface area contributed by atoms with E-state index in [9.17, 15) is 0 Å². The molecule has 2 saturated heterocycles. The second kappa shape index (κ2) is 2.35. The van der Waals surface area contributed by atoms with Crippen LogP contribution in [0.2, 0.25) is 0 Å². The van der Waals surface area contributed by atoms with Crippen LogP contribution in [0.5, 0.6) is 0 Å². The number of hydrogen-bond acceptors (Lipinski definition) is 2. The van der Waals surface area contributed by atoms with Crippen molar-refractivity contribution in [2.75, 3.05) is 7.05 Å². The van der Waals surface area contributed by atoms with Gasteiger partial charge < -0.3 is 4.74 Å². The average Bonchev–Trinajstić information content (AvgIpc) is 2.30. The van der Waals surface area contributed by atoms with E-state index >= 15 is 0 Å². The molecule has 2 heteroatoms. The summed E-state index contributed by atoms with van der Waals surface area (Å²) in [7, 11) is 1.89. The molecule has 2 aliphatic heterocycles. The normalized spacial score (nSPS) is 38.3. The highest BCUT2D eigenvalue weighted by molar-refractivity contribution is 5.86. The minimum atomic E-state index is 0.512. The van der Waals surface area contributed by atoms with Crippen LogP contribution in [0.25, 0.3) is 0 Å². The Balaban J connectivity index is 2.09. The molecule has 0 spiro atoms. The van der Waals surface area contributed by atoms with E-state index in [2.05, 4.69) is 4.99 Å². The van der Waals surface area contributed by atoms with Crippen molar-refractivity contribution in [3.05, 3.63) is 0 Å². The number of fused-ring (bicyclic) bond motifs is 2. The van der Waals surface area contributed by atoms with E-state index in [0.29, 0.717) is 12.2 Å². The fraction of sp³-hybridized carbons (Fsp3) is 0.875. The van der Waals surface area contributed by atoms with Crippen LogP contribution in [-0.4, -0.2) is 25.0 Å². The van der Waals surface area contributed by atoms with Gasteiger partial charge in [-0.1, -0.05) is 0 Å². The van der Waals surface area contributed by atoms with Gasteiger partial charge in [0.05, 0.1) is 12.2 Å². The Labute approximate surface area is 61.3 Å². The van der Waals surface area contributed by atoms with Gasteiger partial charge in [0.1, 0.15) is 0 Å².